The zero-order valence-corrected chi connectivity index (χ0v) is 20.8. The van der Waals surface area contributed by atoms with Crippen molar-refractivity contribution in [1.29, 1.82) is 0 Å². The molecule has 8 nitrogen and oxygen atoms in total. The van der Waals surface area contributed by atoms with Crippen molar-refractivity contribution < 1.29 is 14.7 Å². The molecule has 3 saturated heterocycles. The van der Waals surface area contributed by atoms with Crippen molar-refractivity contribution in [3.05, 3.63) is 42.0 Å². The topological polar surface area (TPSA) is 108 Å². The van der Waals surface area contributed by atoms with Crippen LogP contribution in [0, 0.1) is 5.92 Å². The third kappa shape index (κ3) is 6.23. The number of carboxylic acids is 1. The van der Waals surface area contributed by atoms with E-state index in [1.165, 1.54) is 0 Å². The van der Waals surface area contributed by atoms with Crippen LogP contribution < -0.4 is 5.32 Å². The van der Waals surface area contributed by atoms with E-state index in [4.69, 9.17) is 15.1 Å². The molecule has 0 radical (unpaired) electrons. The van der Waals surface area contributed by atoms with E-state index in [1.807, 2.05) is 12.1 Å². The number of carbonyl (C=O) groups is 2. The summed E-state index contributed by atoms with van der Waals surface area (Å²) >= 11 is 0. The lowest BCUT2D eigenvalue weighted by Gasteiger charge is -2.49. The van der Waals surface area contributed by atoms with Gasteiger partial charge in [-0.3, -0.25) is 19.5 Å². The highest BCUT2D eigenvalue weighted by atomic mass is 16.4. The number of amides is 1. The van der Waals surface area contributed by atoms with Gasteiger partial charge < -0.3 is 10.4 Å². The Morgan fingerprint density at radius 1 is 1.17 bits per heavy atom. The summed E-state index contributed by atoms with van der Waals surface area (Å²) in [4.78, 5) is 39.5. The largest absolute Gasteiger partial charge is 0.481 e. The van der Waals surface area contributed by atoms with Crippen LogP contribution in [0.2, 0.25) is 0 Å². The number of aliphatic carboxylic acids is 1. The molecule has 0 aliphatic carbocycles. The van der Waals surface area contributed by atoms with Crippen LogP contribution in [0.15, 0.2) is 30.6 Å². The van der Waals surface area contributed by atoms with Crippen LogP contribution in [0.3, 0.4) is 0 Å². The molecule has 0 aromatic carbocycles. The second kappa shape index (κ2) is 11.7. The van der Waals surface area contributed by atoms with Crippen LogP contribution in [0.1, 0.15) is 82.0 Å². The third-order valence-corrected chi connectivity index (χ3v) is 7.70. The van der Waals surface area contributed by atoms with Crippen LogP contribution in [-0.4, -0.2) is 62.5 Å². The second-order valence-corrected chi connectivity index (χ2v) is 9.88. The number of hydrogen-bond donors (Lipinski definition) is 2. The third-order valence-electron chi connectivity index (χ3n) is 7.70. The molecule has 2 aromatic rings. The first kappa shape index (κ1) is 25.2. The minimum absolute atomic E-state index is 0.0338. The zero-order valence-electron chi connectivity index (χ0n) is 20.8. The molecule has 188 valence electrons. The van der Waals surface area contributed by atoms with Crippen molar-refractivity contribution in [1.82, 2.24) is 25.2 Å². The summed E-state index contributed by atoms with van der Waals surface area (Å²) in [7, 11) is 0. The maximum atomic E-state index is 12.1. The fourth-order valence-corrected chi connectivity index (χ4v) is 5.63. The molecule has 35 heavy (non-hydrogen) atoms. The smallest absolute Gasteiger partial charge is 0.303 e. The molecule has 3 aliphatic rings. The van der Waals surface area contributed by atoms with Gasteiger partial charge in [-0.25, -0.2) is 9.97 Å². The number of pyridine rings is 1. The van der Waals surface area contributed by atoms with Gasteiger partial charge in [0, 0.05) is 73.2 Å². The number of nitrogens with zero attached hydrogens (tertiary/aromatic N) is 4. The Balaban J connectivity index is 1.47. The van der Waals surface area contributed by atoms with Gasteiger partial charge >= 0.3 is 5.97 Å². The zero-order chi connectivity index (χ0) is 24.8. The Morgan fingerprint density at radius 3 is 2.60 bits per heavy atom. The van der Waals surface area contributed by atoms with Crippen molar-refractivity contribution >= 4 is 11.9 Å². The summed E-state index contributed by atoms with van der Waals surface area (Å²) in [6, 6.07) is 6.52. The number of fused-ring (bicyclic) bond motifs is 3. The van der Waals surface area contributed by atoms with E-state index >= 15 is 0 Å². The Morgan fingerprint density at radius 2 is 1.94 bits per heavy atom. The molecule has 3 aliphatic heterocycles. The Bertz CT molecular complexity index is 1010. The van der Waals surface area contributed by atoms with E-state index in [0.29, 0.717) is 36.8 Å². The normalized spacial score (nSPS) is 23.4. The SMILES string of the molecule is CCC(CC)c1cc([C@@H]2CN3CC[C@H]2C[C@@H]3CNC(=O)CCCC(=O)O)nc(-c2ccncc2)n1. The molecule has 2 bridgehead atoms. The van der Waals surface area contributed by atoms with Crippen molar-refractivity contribution in [2.45, 2.75) is 76.7 Å². The molecule has 1 amide bonds. The van der Waals surface area contributed by atoms with E-state index < -0.39 is 5.97 Å². The highest BCUT2D eigenvalue weighted by Crippen LogP contribution is 2.42. The van der Waals surface area contributed by atoms with Crippen LogP contribution in [0.5, 0.6) is 0 Å². The minimum Gasteiger partial charge on any atom is -0.481 e. The van der Waals surface area contributed by atoms with Gasteiger partial charge in [0.05, 0.1) is 0 Å². The summed E-state index contributed by atoms with van der Waals surface area (Å²) in [5.41, 5.74) is 3.27. The van der Waals surface area contributed by atoms with E-state index in [0.717, 1.165) is 61.5 Å². The van der Waals surface area contributed by atoms with Gasteiger partial charge in [-0.05, 0) is 62.8 Å². The van der Waals surface area contributed by atoms with Crippen LogP contribution in [0.4, 0.5) is 0 Å². The van der Waals surface area contributed by atoms with Gasteiger partial charge in [0.1, 0.15) is 0 Å². The number of carboxylic acid groups (broad SMARTS) is 1. The number of carbonyl (C=O) groups excluding carboxylic acids is 1. The quantitative estimate of drug-likeness (QED) is 0.502. The fraction of sp³-hybridized carbons (Fsp3) is 0.593. The molecule has 8 heteroatoms. The van der Waals surface area contributed by atoms with Crippen molar-refractivity contribution in [2.24, 2.45) is 5.92 Å². The van der Waals surface area contributed by atoms with Crippen LogP contribution in [0.25, 0.3) is 11.4 Å². The first-order valence-corrected chi connectivity index (χ1v) is 13.0. The van der Waals surface area contributed by atoms with Gasteiger partial charge in [-0.15, -0.1) is 0 Å². The summed E-state index contributed by atoms with van der Waals surface area (Å²) < 4.78 is 0. The summed E-state index contributed by atoms with van der Waals surface area (Å²) in [5.74, 6) is 1.18. The molecule has 0 saturated carbocycles. The lowest BCUT2D eigenvalue weighted by Crippen LogP contribution is -2.56. The predicted molar refractivity (Wildman–Crippen MR) is 134 cm³/mol. The fourth-order valence-electron chi connectivity index (χ4n) is 5.63. The van der Waals surface area contributed by atoms with Crippen molar-refractivity contribution in [3.63, 3.8) is 0 Å². The van der Waals surface area contributed by atoms with Crippen LogP contribution in [-0.2, 0) is 9.59 Å². The Labute approximate surface area is 207 Å². The number of rotatable bonds is 11. The predicted octanol–water partition coefficient (Wildman–Crippen LogP) is 3.99. The van der Waals surface area contributed by atoms with Gasteiger partial charge in [-0.1, -0.05) is 13.8 Å². The van der Waals surface area contributed by atoms with E-state index in [1.54, 1.807) is 12.4 Å². The van der Waals surface area contributed by atoms with E-state index in [9.17, 15) is 9.59 Å². The molecule has 0 spiro atoms. The molecule has 5 heterocycles. The number of nitrogens with one attached hydrogen (secondary N) is 1. The monoisotopic (exact) mass is 479 g/mol. The first-order valence-electron chi connectivity index (χ1n) is 13.0. The maximum absolute atomic E-state index is 12.1. The molecule has 3 fully saturated rings. The molecule has 2 aromatic heterocycles. The summed E-state index contributed by atoms with van der Waals surface area (Å²) in [6.45, 7) is 7.05. The average Bonchev–Trinajstić information content (AvgIpc) is 2.88. The average molecular weight is 480 g/mol. The summed E-state index contributed by atoms with van der Waals surface area (Å²) in [5, 5.41) is 11.8. The van der Waals surface area contributed by atoms with Crippen molar-refractivity contribution in [3.8, 4) is 11.4 Å². The molecule has 5 rings (SSSR count). The summed E-state index contributed by atoms with van der Waals surface area (Å²) in [6.07, 6.45) is 8.54. The molecule has 4 atom stereocenters. The highest BCUT2D eigenvalue weighted by molar-refractivity contribution is 5.76. The lowest BCUT2D eigenvalue weighted by molar-refractivity contribution is -0.137. The minimum atomic E-state index is -0.858. The first-order chi connectivity index (χ1) is 17.0. The Kier molecular flexibility index (Phi) is 8.44. The van der Waals surface area contributed by atoms with Gasteiger partial charge in [0.25, 0.3) is 0 Å². The number of piperidine rings is 3. The molecule has 1 unspecified atom stereocenters. The Hall–Kier alpha value is -2.87. The molecule has 2 N–H and O–H groups in total. The number of aromatic nitrogens is 3. The van der Waals surface area contributed by atoms with Crippen LogP contribution >= 0.6 is 0 Å². The molecular formula is C27H37N5O3. The van der Waals surface area contributed by atoms with Gasteiger partial charge in [0.15, 0.2) is 5.82 Å². The second-order valence-electron chi connectivity index (χ2n) is 9.88. The molecular weight excluding hydrogens is 442 g/mol. The standard InChI is InChI=1S/C27H37N5O3/c1-3-18(4-2)23-15-24(31-27(30-23)19-8-11-28-12-9-19)22-17-32-13-10-20(22)14-21(32)16-29-25(33)6-5-7-26(34)35/h8-9,11-12,15,18,20-22H,3-7,10,13-14,16-17H2,1-2H3,(H,29,33)(H,34,35)/t20-,21+,22+/m0/s1. The maximum Gasteiger partial charge on any atom is 0.303 e. The van der Waals surface area contributed by atoms with Gasteiger partial charge in [0.2, 0.25) is 5.91 Å². The highest BCUT2D eigenvalue weighted by Gasteiger charge is 2.41. The van der Waals surface area contributed by atoms with E-state index in [-0.39, 0.29) is 18.7 Å². The number of hydrogen-bond acceptors (Lipinski definition) is 6. The van der Waals surface area contributed by atoms with Gasteiger partial charge in [-0.2, -0.15) is 0 Å². The van der Waals surface area contributed by atoms with E-state index in [2.05, 4.69) is 35.1 Å². The lowest BCUT2D eigenvalue weighted by atomic mass is 9.74. The van der Waals surface area contributed by atoms with Crippen molar-refractivity contribution in [2.75, 3.05) is 19.6 Å².